The van der Waals surface area contributed by atoms with E-state index in [1.54, 1.807) is 6.07 Å². The maximum Gasteiger partial charge on any atom is 0.286 e. The van der Waals surface area contributed by atoms with Crippen LogP contribution in [0.4, 0.5) is 0 Å². The van der Waals surface area contributed by atoms with Gasteiger partial charge in [0.1, 0.15) is 6.26 Å². The largest absolute Gasteiger partial charge is 0.472 e. The summed E-state index contributed by atoms with van der Waals surface area (Å²) in [4.78, 5) is 14.5. The molecule has 0 aliphatic carbocycles. The van der Waals surface area contributed by atoms with E-state index in [4.69, 9.17) is 10.2 Å². The topological polar surface area (TPSA) is 97.8 Å². The standard InChI is InChI=1S/C7H6N4O2/c8-5(12)7-9-6(10-11-7)4-1-2-13-3-4/h1-3H,(H2,8,12)(H,9,10,11). The number of aromatic amines is 1. The molecule has 6 nitrogen and oxygen atoms in total. The Balaban J connectivity index is 2.39. The molecule has 0 unspecified atom stereocenters. The van der Waals surface area contributed by atoms with Crippen LogP contribution in [0.5, 0.6) is 0 Å². The van der Waals surface area contributed by atoms with Crippen molar-refractivity contribution in [1.82, 2.24) is 15.2 Å². The minimum atomic E-state index is -0.637. The molecule has 0 saturated carbocycles. The Labute approximate surface area is 72.8 Å². The smallest absolute Gasteiger partial charge is 0.286 e. The molecule has 0 fully saturated rings. The lowest BCUT2D eigenvalue weighted by atomic mass is 10.3. The fourth-order valence-corrected chi connectivity index (χ4v) is 0.893. The first-order chi connectivity index (χ1) is 6.27. The van der Waals surface area contributed by atoms with Gasteiger partial charge in [0.25, 0.3) is 5.91 Å². The second-order valence-electron chi connectivity index (χ2n) is 2.38. The van der Waals surface area contributed by atoms with Gasteiger partial charge in [-0.3, -0.25) is 9.89 Å². The molecule has 0 atom stereocenters. The van der Waals surface area contributed by atoms with Gasteiger partial charge >= 0.3 is 0 Å². The quantitative estimate of drug-likeness (QED) is 0.684. The van der Waals surface area contributed by atoms with Crippen LogP contribution in [0.1, 0.15) is 10.6 Å². The van der Waals surface area contributed by atoms with Gasteiger partial charge in [-0.25, -0.2) is 4.98 Å². The Morgan fingerprint density at radius 3 is 3.00 bits per heavy atom. The van der Waals surface area contributed by atoms with Gasteiger partial charge in [0.05, 0.1) is 11.8 Å². The zero-order chi connectivity index (χ0) is 9.26. The summed E-state index contributed by atoms with van der Waals surface area (Å²) in [5, 5.41) is 6.20. The molecule has 2 rings (SSSR count). The second-order valence-corrected chi connectivity index (χ2v) is 2.38. The molecule has 6 heteroatoms. The summed E-state index contributed by atoms with van der Waals surface area (Å²) in [7, 11) is 0. The Morgan fingerprint density at radius 2 is 2.46 bits per heavy atom. The van der Waals surface area contributed by atoms with Crippen LogP contribution in [0.3, 0.4) is 0 Å². The van der Waals surface area contributed by atoms with E-state index in [1.165, 1.54) is 12.5 Å². The van der Waals surface area contributed by atoms with E-state index in [2.05, 4.69) is 15.2 Å². The molecule has 0 saturated heterocycles. The van der Waals surface area contributed by atoms with E-state index < -0.39 is 5.91 Å². The number of H-pyrrole nitrogens is 1. The molecule has 0 spiro atoms. The first kappa shape index (κ1) is 7.53. The maximum atomic E-state index is 10.6. The molecule has 3 N–H and O–H groups in total. The summed E-state index contributed by atoms with van der Waals surface area (Å²) in [6.07, 6.45) is 2.98. The van der Waals surface area contributed by atoms with Crippen molar-refractivity contribution in [2.45, 2.75) is 0 Å². The fourth-order valence-electron chi connectivity index (χ4n) is 0.893. The third-order valence-corrected chi connectivity index (χ3v) is 1.50. The van der Waals surface area contributed by atoms with Gasteiger partial charge in [0, 0.05) is 0 Å². The van der Waals surface area contributed by atoms with Crippen molar-refractivity contribution in [1.29, 1.82) is 0 Å². The molecule has 1 amide bonds. The number of carbonyl (C=O) groups is 1. The molecule has 13 heavy (non-hydrogen) atoms. The molecule has 0 radical (unpaired) electrons. The number of rotatable bonds is 2. The van der Waals surface area contributed by atoms with E-state index in [0.29, 0.717) is 11.4 Å². The number of amides is 1. The van der Waals surface area contributed by atoms with Crippen molar-refractivity contribution in [2.24, 2.45) is 5.73 Å². The lowest BCUT2D eigenvalue weighted by molar-refractivity contribution is 0.0991. The van der Waals surface area contributed by atoms with E-state index in [1.807, 2.05) is 0 Å². The van der Waals surface area contributed by atoms with Gasteiger partial charge in [-0.1, -0.05) is 0 Å². The number of aromatic nitrogens is 3. The molecule has 2 aromatic rings. The Bertz CT molecular complexity index is 417. The van der Waals surface area contributed by atoms with Crippen LogP contribution >= 0.6 is 0 Å². The predicted molar refractivity (Wildman–Crippen MR) is 42.6 cm³/mol. The highest BCUT2D eigenvalue weighted by molar-refractivity contribution is 5.89. The van der Waals surface area contributed by atoms with Gasteiger partial charge in [-0.2, -0.15) is 5.10 Å². The summed E-state index contributed by atoms with van der Waals surface area (Å²) in [6, 6.07) is 1.69. The van der Waals surface area contributed by atoms with Crippen molar-refractivity contribution in [3.8, 4) is 11.4 Å². The van der Waals surface area contributed by atoms with Gasteiger partial charge in [0.15, 0.2) is 5.82 Å². The van der Waals surface area contributed by atoms with Crippen LogP contribution in [-0.4, -0.2) is 21.1 Å². The third-order valence-electron chi connectivity index (χ3n) is 1.50. The summed E-state index contributed by atoms with van der Waals surface area (Å²) >= 11 is 0. The lowest BCUT2D eigenvalue weighted by Crippen LogP contribution is -2.12. The number of hydrogen-bond donors (Lipinski definition) is 2. The first-order valence-electron chi connectivity index (χ1n) is 3.52. The first-order valence-corrected chi connectivity index (χ1v) is 3.52. The Morgan fingerprint density at radius 1 is 1.62 bits per heavy atom. The minimum absolute atomic E-state index is 0.0381. The van der Waals surface area contributed by atoms with Gasteiger partial charge in [0.2, 0.25) is 5.82 Å². The molecular weight excluding hydrogens is 172 g/mol. The van der Waals surface area contributed by atoms with Gasteiger partial charge in [-0.05, 0) is 6.07 Å². The van der Waals surface area contributed by atoms with E-state index >= 15 is 0 Å². The Hall–Kier alpha value is -2.11. The highest BCUT2D eigenvalue weighted by Crippen LogP contribution is 2.13. The number of hydrogen-bond acceptors (Lipinski definition) is 4. The average molecular weight is 178 g/mol. The van der Waals surface area contributed by atoms with Crippen molar-refractivity contribution < 1.29 is 9.21 Å². The molecule has 0 aliphatic rings. The van der Waals surface area contributed by atoms with Crippen LogP contribution in [0.2, 0.25) is 0 Å². The number of carbonyl (C=O) groups excluding carboxylic acids is 1. The normalized spacial score (nSPS) is 10.2. The van der Waals surface area contributed by atoms with Crippen molar-refractivity contribution in [2.75, 3.05) is 0 Å². The summed E-state index contributed by atoms with van der Waals surface area (Å²) < 4.78 is 4.83. The lowest BCUT2D eigenvalue weighted by Gasteiger charge is -1.83. The minimum Gasteiger partial charge on any atom is -0.472 e. The number of nitrogens with two attached hydrogens (primary N) is 1. The SMILES string of the molecule is NC(=O)c1nc(-c2ccoc2)n[nH]1. The van der Waals surface area contributed by atoms with Crippen molar-refractivity contribution >= 4 is 5.91 Å². The molecule has 0 aromatic carbocycles. The number of nitrogens with zero attached hydrogens (tertiary/aromatic N) is 2. The molecule has 0 bridgehead atoms. The summed E-state index contributed by atoms with van der Waals surface area (Å²) in [5.74, 6) is -0.207. The summed E-state index contributed by atoms with van der Waals surface area (Å²) in [5.41, 5.74) is 5.68. The zero-order valence-electron chi connectivity index (χ0n) is 6.52. The van der Waals surface area contributed by atoms with E-state index in [-0.39, 0.29) is 5.82 Å². The van der Waals surface area contributed by atoms with Crippen molar-refractivity contribution in [3.63, 3.8) is 0 Å². The fraction of sp³-hybridized carbons (Fsp3) is 0. The highest BCUT2D eigenvalue weighted by atomic mass is 16.3. The third kappa shape index (κ3) is 1.28. The highest BCUT2D eigenvalue weighted by Gasteiger charge is 2.09. The molecule has 66 valence electrons. The van der Waals surface area contributed by atoms with E-state index in [0.717, 1.165) is 0 Å². The van der Waals surface area contributed by atoms with Crippen LogP contribution in [-0.2, 0) is 0 Å². The molecule has 0 aliphatic heterocycles. The summed E-state index contributed by atoms with van der Waals surface area (Å²) in [6.45, 7) is 0. The van der Waals surface area contributed by atoms with Gasteiger partial charge in [-0.15, -0.1) is 0 Å². The van der Waals surface area contributed by atoms with Crippen LogP contribution in [0.25, 0.3) is 11.4 Å². The van der Waals surface area contributed by atoms with Crippen LogP contribution in [0.15, 0.2) is 23.0 Å². The number of furan rings is 1. The van der Waals surface area contributed by atoms with E-state index in [9.17, 15) is 4.79 Å². The van der Waals surface area contributed by atoms with Gasteiger partial charge < -0.3 is 10.2 Å². The number of nitrogens with one attached hydrogen (secondary N) is 1. The molecular formula is C7H6N4O2. The predicted octanol–water partition coefficient (Wildman–Crippen LogP) is 0.164. The molecule has 2 aromatic heterocycles. The zero-order valence-corrected chi connectivity index (χ0v) is 6.52. The van der Waals surface area contributed by atoms with Crippen molar-refractivity contribution in [3.05, 3.63) is 24.4 Å². The van der Waals surface area contributed by atoms with Crippen LogP contribution in [0, 0.1) is 0 Å². The molecule has 2 heterocycles. The maximum absolute atomic E-state index is 10.6. The average Bonchev–Trinajstić information content (AvgIpc) is 2.75. The monoisotopic (exact) mass is 178 g/mol. The Kier molecular flexibility index (Phi) is 1.59. The van der Waals surface area contributed by atoms with Crippen LogP contribution < -0.4 is 5.73 Å². The number of primary amides is 1. The second kappa shape index (κ2) is 2.74.